The summed E-state index contributed by atoms with van der Waals surface area (Å²) in [5.74, 6) is 0.756. The number of ether oxygens (including phenoxy) is 1. The van der Waals surface area contributed by atoms with Crippen molar-refractivity contribution in [2.45, 2.75) is 69.7 Å². The van der Waals surface area contributed by atoms with Gasteiger partial charge in [-0.1, -0.05) is 37.8 Å². The van der Waals surface area contributed by atoms with E-state index in [1.54, 1.807) is 29.6 Å². The van der Waals surface area contributed by atoms with Gasteiger partial charge in [-0.05, 0) is 59.2 Å². The summed E-state index contributed by atoms with van der Waals surface area (Å²) < 4.78 is 12.3. The van der Waals surface area contributed by atoms with Gasteiger partial charge in [0.05, 0.1) is 28.7 Å². The molecule has 2 aromatic rings. The molecule has 1 heterocycles. The van der Waals surface area contributed by atoms with Gasteiger partial charge in [0.2, 0.25) is 11.8 Å². The normalized spacial score (nSPS) is 21.9. The van der Waals surface area contributed by atoms with E-state index < -0.39 is 18.2 Å². The van der Waals surface area contributed by atoms with Crippen molar-refractivity contribution >= 4 is 34.4 Å². The topological polar surface area (TPSA) is 112 Å². The molecule has 2 aliphatic carbocycles. The van der Waals surface area contributed by atoms with Crippen molar-refractivity contribution in [3.05, 3.63) is 63.6 Å². The highest BCUT2D eigenvalue weighted by molar-refractivity contribution is 14.1. The van der Waals surface area contributed by atoms with E-state index in [-0.39, 0.29) is 37.9 Å². The van der Waals surface area contributed by atoms with Crippen LogP contribution in [-0.2, 0) is 16.1 Å². The lowest BCUT2D eigenvalue weighted by molar-refractivity contribution is -0.139. The predicted molar refractivity (Wildman–Crippen MR) is 147 cm³/mol. The number of rotatable bonds is 11. The first kappa shape index (κ1) is 27.7. The zero-order valence-corrected chi connectivity index (χ0v) is 23.0. The van der Waals surface area contributed by atoms with Crippen molar-refractivity contribution < 1.29 is 29.0 Å². The molecule has 0 radical (unpaired) electrons. The molecule has 200 valence electrons. The first-order chi connectivity index (χ1) is 18.0. The second kappa shape index (κ2) is 13.4. The van der Waals surface area contributed by atoms with E-state index in [9.17, 15) is 19.8 Å². The van der Waals surface area contributed by atoms with Gasteiger partial charge in [-0.3, -0.25) is 9.59 Å². The lowest BCUT2D eigenvalue weighted by atomic mass is 9.87. The molecule has 0 spiro atoms. The molecule has 0 saturated heterocycles. The third-order valence-electron chi connectivity index (χ3n) is 7.21. The van der Waals surface area contributed by atoms with Crippen LogP contribution in [0.3, 0.4) is 0 Å². The van der Waals surface area contributed by atoms with Crippen LogP contribution in [0.25, 0.3) is 0 Å². The maximum absolute atomic E-state index is 13.6. The quantitative estimate of drug-likeness (QED) is 0.329. The number of benzene rings is 1. The largest absolute Gasteiger partial charge is 0.482 e. The maximum atomic E-state index is 13.6. The number of hydrogen-bond acceptors (Lipinski definition) is 6. The van der Waals surface area contributed by atoms with Crippen LogP contribution in [0.2, 0.25) is 0 Å². The SMILES string of the molecule is O=C(NCCO)C1=CC(Oc2ccccc2I)C(O)C(N(Cc2ccoc2)C(=O)CCC2CCCC2)C1. The Labute approximate surface area is 231 Å². The molecule has 3 N–H and O–H groups in total. The molecule has 0 bridgehead atoms. The monoisotopic (exact) mass is 622 g/mol. The lowest BCUT2D eigenvalue weighted by Crippen LogP contribution is -2.54. The average Bonchev–Trinajstić information content (AvgIpc) is 3.61. The van der Waals surface area contributed by atoms with Crippen molar-refractivity contribution in [3.63, 3.8) is 0 Å². The fourth-order valence-electron chi connectivity index (χ4n) is 5.21. The highest BCUT2D eigenvalue weighted by atomic mass is 127. The van der Waals surface area contributed by atoms with Crippen molar-refractivity contribution in [1.82, 2.24) is 10.2 Å². The highest BCUT2D eigenvalue weighted by Gasteiger charge is 2.40. The molecule has 9 heteroatoms. The minimum Gasteiger partial charge on any atom is -0.482 e. The van der Waals surface area contributed by atoms with Crippen molar-refractivity contribution in [2.75, 3.05) is 13.2 Å². The van der Waals surface area contributed by atoms with Crippen LogP contribution in [0.1, 0.15) is 50.5 Å². The minimum absolute atomic E-state index is 0.0535. The third kappa shape index (κ3) is 7.36. The van der Waals surface area contributed by atoms with E-state index in [0.29, 0.717) is 23.7 Å². The zero-order chi connectivity index (χ0) is 26.2. The standard InChI is InChI=1S/C28H35IN2O6/c29-22-7-3-4-8-24(22)37-25-16-21(28(35)30-12-13-32)15-23(27(25)34)31(17-20-11-14-36-18-20)26(33)10-9-19-5-1-2-6-19/h3-4,7-8,11,14,16,18-19,23,25,27,32,34H,1-2,5-6,9-10,12-13,15,17H2,(H,30,35). The van der Waals surface area contributed by atoms with E-state index >= 15 is 0 Å². The van der Waals surface area contributed by atoms with Gasteiger partial charge in [0.25, 0.3) is 0 Å². The van der Waals surface area contributed by atoms with Crippen LogP contribution in [0, 0.1) is 9.49 Å². The summed E-state index contributed by atoms with van der Waals surface area (Å²) in [5, 5.41) is 23.4. The number of carbonyl (C=O) groups excluding carboxylic acids is 2. The van der Waals surface area contributed by atoms with Gasteiger partial charge in [-0.15, -0.1) is 0 Å². The summed E-state index contributed by atoms with van der Waals surface area (Å²) >= 11 is 2.16. The second-order valence-corrected chi connectivity index (χ2v) is 11.0. The van der Waals surface area contributed by atoms with Crippen molar-refractivity contribution in [2.24, 2.45) is 5.92 Å². The molecular formula is C28H35IN2O6. The summed E-state index contributed by atoms with van der Waals surface area (Å²) in [6, 6.07) is 8.59. The van der Waals surface area contributed by atoms with Crippen molar-refractivity contribution in [1.29, 1.82) is 0 Å². The van der Waals surface area contributed by atoms with E-state index in [4.69, 9.17) is 9.15 Å². The summed E-state index contributed by atoms with van der Waals surface area (Å²) in [6.07, 6.45) is 9.05. The van der Waals surface area contributed by atoms with Crippen LogP contribution in [0.4, 0.5) is 0 Å². The Hall–Kier alpha value is -2.37. The number of amides is 2. The molecule has 1 fully saturated rings. The van der Waals surface area contributed by atoms with Crippen molar-refractivity contribution in [3.8, 4) is 5.75 Å². The Morgan fingerprint density at radius 1 is 1.19 bits per heavy atom. The number of aliphatic hydroxyl groups excluding tert-OH is 2. The molecule has 37 heavy (non-hydrogen) atoms. The molecule has 1 aromatic heterocycles. The molecule has 2 amide bonds. The molecule has 0 aliphatic heterocycles. The molecule has 3 unspecified atom stereocenters. The maximum Gasteiger partial charge on any atom is 0.247 e. The summed E-state index contributed by atoms with van der Waals surface area (Å²) in [7, 11) is 0. The van der Waals surface area contributed by atoms with Crippen LogP contribution in [-0.4, -0.2) is 58.3 Å². The summed E-state index contributed by atoms with van der Waals surface area (Å²) in [4.78, 5) is 28.2. The molecule has 1 saturated carbocycles. The molecular weight excluding hydrogens is 587 g/mol. The van der Waals surface area contributed by atoms with E-state index in [2.05, 4.69) is 27.9 Å². The third-order valence-corrected chi connectivity index (χ3v) is 8.10. The van der Waals surface area contributed by atoms with Crippen LogP contribution in [0.15, 0.2) is 58.9 Å². The number of carbonyl (C=O) groups is 2. The number of aliphatic hydroxyl groups is 2. The van der Waals surface area contributed by atoms with Gasteiger partial charge >= 0.3 is 0 Å². The molecule has 2 aliphatic rings. The number of furan rings is 1. The first-order valence-electron chi connectivity index (χ1n) is 13.0. The Morgan fingerprint density at radius 3 is 2.68 bits per heavy atom. The van der Waals surface area contributed by atoms with Crippen LogP contribution in [0.5, 0.6) is 5.75 Å². The Bertz CT molecular complexity index is 1070. The fraction of sp³-hybridized carbons (Fsp3) is 0.500. The zero-order valence-electron chi connectivity index (χ0n) is 20.9. The number of hydrogen-bond donors (Lipinski definition) is 3. The average molecular weight is 622 g/mol. The molecule has 3 atom stereocenters. The van der Waals surface area contributed by atoms with Gasteiger partial charge in [-0.25, -0.2) is 0 Å². The summed E-state index contributed by atoms with van der Waals surface area (Å²) in [6.45, 7) is 0.201. The van der Waals surface area contributed by atoms with Crippen LogP contribution < -0.4 is 10.1 Å². The predicted octanol–water partition coefficient (Wildman–Crippen LogP) is 3.80. The van der Waals surface area contributed by atoms with E-state index in [1.165, 1.54) is 12.8 Å². The highest BCUT2D eigenvalue weighted by Crippen LogP contribution is 2.32. The molecule has 8 nitrogen and oxygen atoms in total. The number of para-hydroxylation sites is 1. The Kier molecular flexibility index (Phi) is 10.0. The number of nitrogens with zero attached hydrogens (tertiary/aromatic N) is 1. The van der Waals surface area contributed by atoms with Gasteiger partial charge in [-0.2, -0.15) is 0 Å². The van der Waals surface area contributed by atoms with E-state index in [0.717, 1.165) is 28.4 Å². The number of halogens is 1. The second-order valence-electron chi connectivity index (χ2n) is 9.79. The minimum atomic E-state index is -1.05. The fourth-order valence-corrected chi connectivity index (χ4v) is 5.72. The Balaban J connectivity index is 1.60. The number of nitrogens with one attached hydrogen (secondary N) is 1. The molecule has 4 rings (SSSR count). The van der Waals surface area contributed by atoms with Gasteiger partial charge in [0, 0.05) is 37.1 Å². The van der Waals surface area contributed by atoms with E-state index in [1.807, 2.05) is 24.3 Å². The van der Waals surface area contributed by atoms with Gasteiger partial charge in [0.15, 0.2) is 0 Å². The Morgan fingerprint density at radius 2 is 1.97 bits per heavy atom. The lowest BCUT2D eigenvalue weighted by Gasteiger charge is -2.40. The smallest absolute Gasteiger partial charge is 0.247 e. The van der Waals surface area contributed by atoms with Crippen LogP contribution >= 0.6 is 22.6 Å². The van der Waals surface area contributed by atoms with Gasteiger partial charge in [0.1, 0.15) is 18.0 Å². The van der Waals surface area contributed by atoms with Gasteiger partial charge < -0.3 is 29.6 Å². The summed E-state index contributed by atoms with van der Waals surface area (Å²) in [5.41, 5.74) is 1.23. The first-order valence-corrected chi connectivity index (χ1v) is 14.0. The molecule has 1 aromatic carbocycles.